The third-order valence-electron chi connectivity index (χ3n) is 5.09. The van der Waals surface area contributed by atoms with E-state index in [-0.39, 0.29) is 28.6 Å². The van der Waals surface area contributed by atoms with Gasteiger partial charge >= 0.3 is 0 Å². The van der Waals surface area contributed by atoms with E-state index in [0.29, 0.717) is 24.6 Å². The Kier molecular flexibility index (Phi) is 8.17. The van der Waals surface area contributed by atoms with E-state index in [2.05, 4.69) is 5.32 Å². The van der Waals surface area contributed by atoms with Crippen LogP contribution in [0.2, 0.25) is 5.02 Å². The van der Waals surface area contributed by atoms with Crippen molar-refractivity contribution in [1.29, 1.82) is 0 Å². The third-order valence-corrected chi connectivity index (χ3v) is 7.47. The number of nitrogens with one attached hydrogen (secondary N) is 1. The zero-order chi connectivity index (χ0) is 22.3. The Labute approximate surface area is 188 Å². The molecule has 1 aliphatic rings. The Balaban J connectivity index is 1.64. The lowest BCUT2D eigenvalue weighted by Crippen LogP contribution is -2.32. The number of carbonyl (C=O) groups is 1. The first-order valence-corrected chi connectivity index (χ1v) is 12.1. The number of rotatable bonds is 8. The first kappa shape index (κ1) is 23.4. The van der Waals surface area contributed by atoms with E-state index in [1.807, 2.05) is 12.1 Å². The lowest BCUT2D eigenvalue weighted by Gasteiger charge is -2.21. The number of methoxy groups -OCH3 is 1. The zero-order valence-corrected chi connectivity index (χ0v) is 19.0. The highest BCUT2D eigenvalue weighted by atomic mass is 35.5. The molecule has 0 bridgehead atoms. The lowest BCUT2D eigenvalue weighted by atomic mass is 10.2. The predicted molar refractivity (Wildman–Crippen MR) is 120 cm³/mol. The standard InChI is InChI=1S/C22H27ClN2O5S/c1-29-19-8-4-5-9-20(19)30-15-12-24-22(26)17-10-11-18(23)21(16-17)31(27,28)25-13-6-2-3-7-14-25/h4-5,8-11,16H,2-3,6-7,12-15H2,1H3,(H,24,26). The molecule has 1 N–H and O–H groups in total. The van der Waals surface area contributed by atoms with Crippen molar-refractivity contribution in [1.82, 2.24) is 9.62 Å². The molecule has 0 radical (unpaired) electrons. The van der Waals surface area contributed by atoms with Crippen LogP contribution in [0.4, 0.5) is 0 Å². The van der Waals surface area contributed by atoms with Crippen molar-refractivity contribution in [2.24, 2.45) is 0 Å². The van der Waals surface area contributed by atoms with Crippen LogP contribution in [0.25, 0.3) is 0 Å². The van der Waals surface area contributed by atoms with Crippen molar-refractivity contribution in [3.63, 3.8) is 0 Å². The normalized spacial score (nSPS) is 15.2. The zero-order valence-electron chi connectivity index (χ0n) is 17.5. The highest BCUT2D eigenvalue weighted by molar-refractivity contribution is 7.89. The largest absolute Gasteiger partial charge is 0.493 e. The van der Waals surface area contributed by atoms with Gasteiger partial charge in [-0.3, -0.25) is 4.79 Å². The predicted octanol–water partition coefficient (Wildman–Crippen LogP) is 3.72. The van der Waals surface area contributed by atoms with Gasteiger partial charge in [-0.15, -0.1) is 0 Å². The smallest absolute Gasteiger partial charge is 0.251 e. The minimum absolute atomic E-state index is 0.0333. The molecule has 1 aliphatic heterocycles. The molecular weight excluding hydrogens is 440 g/mol. The Morgan fingerprint density at radius 3 is 2.42 bits per heavy atom. The van der Waals surface area contributed by atoms with Gasteiger partial charge in [0.05, 0.1) is 18.7 Å². The summed E-state index contributed by atoms with van der Waals surface area (Å²) in [5.41, 5.74) is 0.232. The van der Waals surface area contributed by atoms with Crippen LogP contribution in [-0.2, 0) is 10.0 Å². The van der Waals surface area contributed by atoms with Crippen LogP contribution >= 0.6 is 11.6 Å². The second-order valence-corrected chi connectivity index (χ2v) is 9.53. The van der Waals surface area contributed by atoms with Gasteiger partial charge in [-0.1, -0.05) is 36.6 Å². The summed E-state index contributed by atoms with van der Waals surface area (Å²) in [5.74, 6) is 0.791. The molecule has 7 nitrogen and oxygen atoms in total. The van der Waals surface area contributed by atoms with Crippen molar-refractivity contribution in [3.05, 3.63) is 53.1 Å². The number of carbonyl (C=O) groups excluding carboxylic acids is 1. The van der Waals surface area contributed by atoms with E-state index in [1.165, 1.54) is 22.5 Å². The molecule has 0 atom stereocenters. The molecule has 0 unspecified atom stereocenters. The molecule has 0 spiro atoms. The highest BCUT2D eigenvalue weighted by Gasteiger charge is 2.28. The Morgan fingerprint density at radius 2 is 1.74 bits per heavy atom. The monoisotopic (exact) mass is 466 g/mol. The van der Waals surface area contributed by atoms with Crippen LogP contribution in [0.1, 0.15) is 36.0 Å². The summed E-state index contributed by atoms with van der Waals surface area (Å²) >= 11 is 6.20. The molecule has 0 aromatic heterocycles. The van der Waals surface area contributed by atoms with Gasteiger partial charge in [0.1, 0.15) is 11.5 Å². The Hall–Kier alpha value is -2.29. The van der Waals surface area contributed by atoms with Crippen molar-refractivity contribution in [3.8, 4) is 11.5 Å². The van der Waals surface area contributed by atoms with Crippen molar-refractivity contribution < 1.29 is 22.7 Å². The Bertz CT molecular complexity index is 1000. The number of hydrogen-bond acceptors (Lipinski definition) is 5. The van der Waals surface area contributed by atoms with Crippen LogP contribution in [0.15, 0.2) is 47.4 Å². The number of para-hydroxylation sites is 2. The Morgan fingerprint density at radius 1 is 1.06 bits per heavy atom. The maximum Gasteiger partial charge on any atom is 0.251 e. The quantitative estimate of drug-likeness (QED) is 0.599. The van der Waals surface area contributed by atoms with Crippen LogP contribution in [-0.4, -0.2) is 52.0 Å². The van der Waals surface area contributed by atoms with E-state index in [1.54, 1.807) is 19.2 Å². The number of nitrogens with zero attached hydrogens (tertiary/aromatic N) is 1. The number of benzene rings is 2. The summed E-state index contributed by atoms with van der Waals surface area (Å²) < 4.78 is 38.5. The van der Waals surface area contributed by atoms with E-state index in [4.69, 9.17) is 21.1 Å². The summed E-state index contributed by atoms with van der Waals surface area (Å²) in [6.45, 7) is 1.41. The molecule has 9 heteroatoms. The fourth-order valence-corrected chi connectivity index (χ4v) is 5.45. The van der Waals surface area contributed by atoms with E-state index in [9.17, 15) is 13.2 Å². The molecule has 1 amide bonds. The number of halogens is 1. The average Bonchev–Trinajstić information content (AvgIpc) is 3.07. The summed E-state index contributed by atoms with van der Waals surface area (Å²) in [7, 11) is -2.20. The molecule has 2 aromatic carbocycles. The van der Waals surface area contributed by atoms with Gasteiger partial charge in [-0.25, -0.2) is 8.42 Å². The van der Waals surface area contributed by atoms with Gasteiger partial charge in [0.2, 0.25) is 10.0 Å². The minimum atomic E-state index is -3.76. The molecule has 3 rings (SSSR count). The van der Waals surface area contributed by atoms with Gasteiger partial charge in [-0.2, -0.15) is 4.31 Å². The fourth-order valence-electron chi connectivity index (χ4n) is 3.43. The SMILES string of the molecule is COc1ccccc1OCCNC(=O)c1ccc(Cl)c(S(=O)(=O)N2CCCCCC2)c1. The first-order valence-electron chi connectivity index (χ1n) is 10.3. The number of amides is 1. The molecule has 0 aliphatic carbocycles. The molecule has 0 saturated carbocycles. The third kappa shape index (κ3) is 5.90. The van der Waals surface area contributed by atoms with E-state index >= 15 is 0 Å². The van der Waals surface area contributed by atoms with E-state index in [0.717, 1.165) is 25.7 Å². The second-order valence-electron chi connectivity index (χ2n) is 7.22. The number of sulfonamides is 1. The highest BCUT2D eigenvalue weighted by Crippen LogP contribution is 2.28. The summed E-state index contributed by atoms with van der Waals surface area (Å²) in [4.78, 5) is 12.5. The van der Waals surface area contributed by atoms with Crippen molar-refractivity contribution in [2.75, 3.05) is 33.4 Å². The van der Waals surface area contributed by atoms with Crippen molar-refractivity contribution >= 4 is 27.5 Å². The molecule has 31 heavy (non-hydrogen) atoms. The van der Waals surface area contributed by atoms with Crippen LogP contribution in [0, 0.1) is 0 Å². The van der Waals surface area contributed by atoms with Crippen LogP contribution in [0.3, 0.4) is 0 Å². The molecular formula is C22H27ClN2O5S. The molecule has 1 heterocycles. The first-order chi connectivity index (χ1) is 14.9. The van der Waals surface area contributed by atoms with Gasteiger partial charge in [0.25, 0.3) is 5.91 Å². The second kappa shape index (κ2) is 10.8. The maximum absolute atomic E-state index is 13.1. The lowest BCUT2D eigenvalue weighted by molar-refractivity contribution is 0.0946. The minimum Gasteiger partial charge on any atom is -0.493 e. The fraction of sp³-hybridized carbons (Fsp3) is 0.409. The number of hydrogen-bond donors (Lipinski definition) is 1. The maximum atomic E-state index is 13.1. The van der Waals surface area contributed by atoms with Crippen LogP contribution in [0.5, 0.6) is 11.5 Å². The molecule has 1 fully saturated rings. The van der Waals surface area contributed by atoms with Gasteiger partial charge in [0, 0.05) is 18.7 Å². The molecule has 168 valence electrons. The molecule has 1 saturated heterocycles. The summed E-state index contributed by atoms with van der Waals surface area (Å²) in [6, 6.07) is 11.5. The summed E-state index contributed by atoms with van der Waals surface area (Å²) in [6.07, 6.45) is 3.67. The summed E-state index contributed by atoms with van der Waals surface area (Å²) in [5, 5.41) is 2.85. The van der Waals surface area contributed by atoms with E-state index < -0.39 is 15.9 Å². The van der Waals surface area contributed by atoms with Crippen LogP contribution < -0.4 is 14.8 Å². The van der Waals surface area contributed by atoms with Crippen molar-refractivity contribution in [2.45, 2.75) is 30.6 Å². The topological polar surface area (TPSA) is 84.9 Å². The average molecular weight is 467 g/mol. The number of ether oxygens (including phenoxy) is 2. The van der Waals surface area contributed by atoms with Gasteiger partial charge < -0.3 is 14.8 Å². The molecule has 2 aromatic rings. The van der Waals surface area contributed by atoms with Gasteiger partial charge in [-0.05, 0) is 43.2 Å². The van der Waals surface area contributed by atoms with Gasteiger partial charge in [0.15, 0.2) is 11.5 Å².